The van der Waals surface area contributed by atoms with E-state index >= 15 is 0 Å². The van der Waals surface area contributed by atoms with Gasteiger partial charge in [-0.05, 0) is 25.0 Å². The molecule has 2 heterocycles. The Balaban J connectivity index is 1.42. The number of nitrogens with one attached hydrogen (secondary N) is 1. The van der Waals surface area contributed by atoms with Crippen LogP contribution in [0.3, 0.4) is 0 Å². The lowest BCUT2D eigenvalue weighted by Gasteiger charge is -2.34. The Morgan fingerprint density at radius 2 is 1.88 bits per heavy atom. The van der Waals surface area contributed by atoms with E-state index in [2.05, 4.69) is 10.2 Å². The molecule has 8 heteroatoms. The van der Waals surface area contributed by atoms with Crippen LogP contribution in [0.25, 0.3) is 0 Å². The van der Waals surface area contributed by atoms with Crippen molar-refractivity contribution in [3.05, 3.63) is 30.3 Å². The van der Waals surface area contributed by atoms with Gasteiger partial charge in [0.25, 0.3) is 0 Å². The van der Waals surface area contributed by atoms with E-state index in [4.69, 9.17) is 4.74 Å². The van der Waals surface area contributed by atoms with Crippen molar-refractivity contribution in [3.8, 4) is 0 Å². The van der Waals surface area contributed by atoms with Gasteiger partial charge in [0.05, 0.1) is 4.90 Å². The van der Waals surface area contributed by atoms with Crippen LogP contribution in [-0.2, 0) is 19.6 Å². The lowest BCUT2D eigenvalue weighted by Crippen LogP contribution is -2.50. The van der Waals surface area contributed by atoms with Gasteiger partial charge in [-0.15, -0.1) is 0 Å². The van der Waals surface area contributed by atoms with Crippen LogP contribution in [0.15, 0.2) is 35.2 Å². The minimum absolute atomic E-state index is 0.0391. The van der Waals surface area contributed by atoms with Gasteiger partial charge in [-0.3, -0.25) is 9.69 Å². The molecule has 138 valence electrons. The summed E-state index contributed by atoms with van der Waals surface area (Å²) >= 11 is 0. The number of nitrogens with zero attached hydrogens (tertiary/aromatic N) is 2. The number of benzene rings is 1. The second-order valence-electron chi connectivity index (χ2n) is 6.35. The molecule has 0 aromatic heterocycles. The summed E-state index contributed by atoms with van der Waals surface area (Å²) in [6.07, 6.45) is 1.44. The summed E-state index contributed by atoms with van der Waals surface area (Å²) in [5.41, 5.74) is 0. The van der Waals surface area contributed by atoms with E-state index in [1.54, 1.807) is 24.3 Å². The predicted molar refractivity (Wildman–Crippen MR) is 93.6 cm³/mol. The zero-order chi connectivity index (χ0) is 17.7. The minimum atomic E-state index is -3.41. The van der Waals surface area contributed by atoms with Crippen LogP contribution in [-0.4, -0.2) is 75.5 Å². The maximum atomic E-state index is 12.6. The SMILES string of the molecule is O=C(NCCN1CCN(S(=O)(=O)c2ccccc2)CC1)C1CCCO1. The number of rotatable bonds is 6. The van der Waals surface area contributed by atoms with Gasteiger partial charge in [0.2, 0.25) is 15.9 Å². The summed E-state index contributed by atoms with van der Waals surface area (Å²) in [7, 11) is -3.41. The average molecular weight is 367 g/mol. The number of amides is 1. The molecular weight excluding hydrogens is 342 g/mol. The van der Waals surface area contributed by atoms with Crippen molar-refractivity contribution in [2.45, 2.75) is 23.8 Å². The first-order valence-corrected chi connectivity index (χ1v) is 10.2. The number of sulfonamides is 1. The quantitative estimate of drug-likeness (QED) is 0.782. The predicted octanol–water partition coefficient (Wildman–Crippen LogP) is 0.288. The molecule has 3 rings (SSSR count). The smallest absolute Gasteiger partial charge is 0.249 e. The van der Waals surface area contributed by atoms with E-state index in [1.807, 2.05) is 6.07 Å². The molecular formula is C17H25N3O4S. The van der Waals surface area contributed by atoms with E-state index in [-0.39, 0.29) is 12.0 Å². The minimum Gasteiger partial charge on any atom is -0.368 e. The van der Waals surface area contributed by atoms with Gasteiger partial charge < -0.3 is 10.1 Å². The molecule has 2 aliphatic heterocycles. The number of piperazine rings is 1. The van der Waals surface area contributed by atoms with Gasteiger partial charge in [0, 0.05) is 45.9 Å². The van der Waals surface area contributed by atoms with Gasteiger partial charge in [-0.2, -0.15) is 4.31 Å². The van der Waals surface area contributed by atoms with Crippen molar-refractivity contribution >= 4 is 15.9 Å². The van der Waals surface area contributed by atoms with Crippen LogP contribution < -0.4 is 5.32 Å². The number of hydrogen-bond donors (Lipinski definition) is 1. The molecule has 1 N–H and O–H groups in total. The third kappa shape index (κ3) is 4.58. The third-order valence-corrected chi connectivity index (χ3v) is 6.57. The summed E-state index contributed by atoms with van der Waals surface area (Å²) in [5, 5.41) is 2.90. The Kier molecular flexibility index (Phi) is 6.06. The maximum absolute atomic E-state index is 12.6. The van der Waals surface area contributed by atoms with Crippen molar-refractivity contribution in [1.29, 1.82) is 0 Å². The molecule has 2 fully saturated rings. The largest absolute Gasteiger partial charge is 0.368 e. The van der Waals surface area contributed by atoms with E-state index in [9.17, 15) is 13.2 Å². The van der Waals surface area contributed by atoms with Gasteiger partial charge in [0.15, 0.2) is 0 Å². The molecule has 0 aliphatic carbocycles. The fourth-order valence-electron chi connectivity index (χ4n) is 3.17. The molecule has 7 nitrogen and oxygen atoms in total. The van der Waals surface area contributed by atoms with Crippen LogP contribution >= 0.6 is 0 Å². The molecule has 0 saturated carbocycles. The monoisotopic (exact) mass is 367 g/mol. The summed E-state index contributed by atoms with van der Waals surface area (Å²) in [4.78, 5) is 14.4. The zero-order valence-corrected chi connectivity index (χ0v) is 15.1. The Bertz CT molecular complexity index is 666. The van der Waals surface area contributed by atoms with Crippen molar-refractivity contribution in [1.82, 2.24) is 14.5 Å². The fraction of sp³-hybridized carbons (Fsp3) is 0.588. The van der Waals surface area contributed by atoms with Crippen LogP contribution in [0.5, 0.6) is 0 Å². The molecule has 0 bridgehead atoms. The normalized spacial score (nSPS) is 22.8. The first kappa shape index (κ1) is 18.3. The van der Waals surface area contributed by atoms with Crippen molar-refractivity contribution < 1.29 is 17.9 Å². The van der Waals surface area contributed by atoms with Crippen molar-refractivity contribution in [2.24, 2.45) is 0 Å². The average Bonchev–Trinajstić information content (AvgIpc) is 3.18. The molecule has 1 atom stereocenters. The van der Waals surface area contributed by atoms with Crippen LogP contribution in [0.2, 0.25) is 0 Å². The number of ether oxygens (including phenoxy) is 1. The van der Waals surface area contributed by atoms with Gasteiger partial charge >= 0.3 is 0 Å². The first-order chi connectivity index (χ1) is 12.1. The molecule has 0 radical (unpaired) electrons. The van der Waals surface area contributed by atoms with Crippen molar-refractivity contribution in [2.75, 3.05) is 45.9 Å². The molecule has 25 heavy (non-hydrogen) atoms. The second-order valence-corrected chi connectivity index (χ2v) is 8.29. The lowest BCUT2D eigenvalue weighted by molar-refractivity contribution is -0.130. The van der Waals surface area contributed by atoms with Gasteiger partial charge in [0.1, 0.15) is 6.10 Å². The fourth-order valence-corrected chi connectivity index (χ4v) is 4.61. The van der Waals surface area contributed by atoms with E-state index in [1.165, 1.54) is 4.31 Å². The molecule has 2 saturated heterocycles. The Morgan fingerprint density at radius 1 is 1.16 bits per heavy atom. The zero-order valence-electron chi connectivity index (χ0n) is 14.3. The molecule has 1 aromatic rings. The summed E-state index contributed by atoms with van der Waals surface area (Å²) in [6, 6.07) is 8.53. The second kappa shape index (κ2) is 8.27. The Hall–Kier alpha value is -1.48. The highest BCUT2D eigenvalue weighted by Crippen LogP contribution is 2.17. The third-order valence-electron chi connectivity index (χ3n) is 4.66. The molecule has 1 aromatic carbocycles. The number of hydrogen-bond acceptors (Lipinski definition) is 5. The summed E-state index contributed by atoms with van der Waals surface area (Å²) < 4.78 is 32.0. The van der Waals surface area contributed by atoms with Gasteiger partial charge in [-0.1, -0.05) is 18.2 Å². The summed E-state index contributed by atoms with van der Waals surface area (Å²) in [6.45, 7) is 4.22. The van der Waals surface area contributed by atoms with Crippen molar-refractivity contribution in [3.63, 3.8) is 0 Å². The van der Waals surface area contributed by atoms with E-state index in [0.717, 1.165) is 19.4 Å². The highest BCUT2D eigenvalue weighted by atomic mass is 32.2. The highest BCUT2D eigenvalue weighted by Gasteiger charge is 2.28. The maximum Gasteiger partial charge on any atom is 0.249 e. The summed E-state index contributed by atoms with van der Waals surface area (Å²) in [5.74, 6) is -0.0391. The Morgan fingerprint density at radius 3 is 2.52 bits per heavy atom. The standard InChI is InChI=1S/C17H25N3O4S/c21-17(16-7-4-14-24-16)18-8-9-19-10-12-20(13-11-19)25(22,23)15-5-2-1-3-6-15/h1-3,5-6,16H,4,7-14H2,(H,18,21). The van der Waals surface area contributed by atoms with Crippen LogP contribution in [0.1, 0.15) is 12.8 Å². The molecule has 0 spiro atoms. The molecule has 1 amide bonds. The topological polar surface area (TPSA) is 79.0 Å². The van der Waals surface area contributed by atoms with Crippen LogP contribution in [0.4, 0.5) is 0 Å². The van der Waals surface area contributed by atoms with E-state index in [0.29, 0.717) is 44.2 Å². The highest BCUT2D eigenvalue weighted by molar-refractivity contribution is 7.89. The molecule has 1 unspecified atom stereocenters. The lowest BCUT2D eigenvalue weighted by atomic mass is 10.2. The van der Waals surface area contributed by atoms with Crippen LogP contribution in [0, 0.1) is 0 Å². The van der Waals surface area contributed by atoms with E-state index < -0.39 is 10.0 Å². The number of carbonyl (C=O) groups is 1. The molecule has 2 aliphatic rings. The number of carbonyl (C=O) groups excluding carboxylic acids is 1. The first-order valence-electron chi connectivity index (χ1n) is 8.74. The van der Waals surface area contributed by atoms with Gasteiger partial charge in [-0.25, -0.2) is 8.42 Å². The Labute approximate surface area is 149 Å².